The quantitative estimate of drug-likeness (QED) is 0.601. The summed E-state index contributed by atoms with van der Waals surface area (Å²) in [4.78, 5) is 29.4. The van der Waals surface area contributed by atoms with Gasteiger partial charge in [-0.15, -0.1) is 0 Å². The maximum atomic E-state index is 12.1. The van der Waals surface area contributed by atoms with Gasteiger partial charge in [0.2, 0.25) is 6.41 Å². The van der Waals surface area contributed by atoms with Gasteiger partial charge in [0.25, 0.3) is 0 Å². The average Bonchev–Trinajstić information content (AvgIpc) is 3.07. The number of piperazine rings is 1. The third-order valence-electron chi connectivity index (χ3n) is 4.71. The zero-order valence-electron chi connectivity index (χ0n) is 14.9. The lowest BCUT2D eigenvalue weighted by atomic mass is 10.2. The molecule has 0 aliphatic carbocycles. The van der Waals surface area contributed by atoms with Gasteiger partial charge in [-0.1, -0.05) is 19.1 Å². The Hall–Kier alpha value is -2.35. The minimum Gasteiger partial charge on any atom is -0.442 e. The Morgan fingerprint density at radius 1 is 1.23 bits per heavy atom. The fourth-order valence-corrected chi connectivity index (χ4v) is 3.20. The molecule has 1 aromatic carbocycles. The number of ether oxygens (including phenoxy) is 1. The van der Waals surface area contributed by atoms with Crippen molar-refractivity contribution < 1.29 is 14.3 Å². The summed E-state index contributed by atoms with van der Waals surface area (Å²) in [6, 6.07) is 7.90. The third-order valence-corrected chi connectivity index (χ3v) is 5.14. The van der Waals surface area contributed by atoms with E-state index >= 15 is 0 Å². The highest BCUT2D eigenvalue weighted by Crippen LogP contribution is 2.25. The molecule has 2 saturated heterocycles. The summed E-state index contributed by atoms with van der Waals surface area (Å²) in [6.07, 6.45) is 1.15. The number of hydrogen-bond acceptors (Lipinski definition) is 5. The summed E-state index contributed by atoms with van der Waals surface area (Å²) in [7, 11) is 0. The standard InChI is InChI=1S/C18H24N4O3S/c1-2-17(26)19-11-16-12-22(18(24)25-16)15-5-3-14(4-6-15)21-9-7-20(13-23)8-10-21/h3-6,13,16H,2,7-12H2,1H3,(H,19,26). The highest BCUT2D eigenvalue weighted by molar-refractivity contribution is 7.80. The van der Waals surface area contributed by atoms with Crippen LogP contribution in [0.25, 0.3) is 0 Å². The SMILES string of the molecule is CCC(=S)NCC1CN(c2ccc(N3CCN(C=O)CC3)cc2)C(=O)O1. The van der Waals surface area contributed by atoms with Crippen molar-refractivity contribution >= 4 is 41.1 Å². The summed E-state index contributed by atoms with van der Waals surface area (Å²) in [5, 5.41) is 3.12. The van der Waals surface area contributed by atoms with E-state index in [4.69, 9.17) is 17.0 Å². The van der Waals surface area contributed by atoms with Crippen LogP contribution in [-0.4, -0.2) is 67.8 Å². The number of hydrogen-bond donors (Lipinski definition) is 1. The monoisotopic (exact) mass is 376 g/mol. The number of nitrogens with one attached hydrogen (secondary N) is 1. The summed E-state index contributed by atoms with van der Waals surface area (Å²) in [6.45, 7) is 6.13. The van der Waals surface area contributed by atoms with Crippen molar-refractivity contribution in [3.63, 3.8) is 0 Å². The molecular formula is C18H24N4O3S. The maximum Gasteiger partial charge on any atom is 0.414 e. The van der Waals surface area contributed by atoms with Crippen molar-refractivity contribution in [2.75, 3.05) is 49.1 Å². The van der Waals surface area contributed by atoms with Crippen molar-refractivity contribution in [3.05, 3.63) is 24.3 Å². The lowest BCUT2D eigenvalue weighted by Crippen LogP contribution is -2.45. The summed E-state index contributed by atoms with van der Waals surface area (Å²) >= 11 is 5.14. The second-order valence-electron chi connectivity index (χ2n) is 6.42. The van der Waals surface area contributed by atoms with Crippen LogP contribution in [0.15, 0.2) is 24.3 Å². The minimum atomic E-state index is -0.327. The van der Waals surface area contributed by atoms with Gasteiger partial charge in [-0.25, -0.2) is 4.79 Å². The molecule has 1 aromatic rings. The van der Waals surface area contributed by atoms with Crippen LogP contribution in [0.5, 0.6) is 0 Å². The van der Waals surface area contributed by atoms with E-state index in [9.17, 15) is 9.59 Å². The van der Waals surface area contributed by atoms with Gasteiger partial charge >= 0.3 is 6.09 Å². The van der Waals surface area contributed by atoms with Crippen LogP contribution in [0.2, 0.25) is 0 Å². The second kappa shape index (κ2) is 8.35. The number of thiocarbonyl (C=S) groups is 1. The van der Waals surface area contributed by atoms with Gasteiger partial charge in [0.15, 0.2) is 0 Å². The van der Waals surface area contributed by atoms with Crippen LogP contribution in [0.3, 0.4) is 0 Å². The molecule has 2 amide bonds. The lowest BCUT2D eigenvalue weighted by Gasteiger charge is -2.34. The molecule has 1 unspecified atom stereocenters. The van der Waals surface area contributed by atoms with Crippen LogP contribution < -0.4 is 15.1 Å². The third kappa shape index (κ3) is 4.24. The fourth-order valence-electron chi connectivity index (χ4n) is 3.12. The molecule has 8 heteroatoms. The van der Waals surface area contributed by atoms with Gasteiger partial charge in [-0.3, -0.25) is 9.69 Å². The second-order valence-corrected chi connectivity index (χ2v) is 6.91. The molecule has 0 spiro atoms. The Labute approximate surface area is 158 Å². The number of amides is 2. The van der Waals surface area contributed by atoms with E-state index in [-0.39, 0.29) is 12.2 Å². The molecular weight excluding hydrogens is 352 g/mol. The Kier molecular flexibility index (Phi) is 5.92. The van der Waals surface area contributed by atoms with Gasteiger partial charge in [-0.2, -0.15) is 0 Å². The number of cyclic esters (lactones) is 1. The van der Waals surface area contributed by atoms with E-state index in [0.29, 0.717) is 13.1 Å². The van der Waals surface area contributed by atoms with Crippen molar-refractivity contribution in [2.45, 2.75) is 19.4 Å². The van der Waals surface area contributed by atoms with E-state index < -0.39 is 0 Å². The highest BCUT2D eigenvalue weighted by atomic mass is 32.1. The van der Waals surface area contributed by atoms with Gasteiger partial charge < -0.3 is 19.9 Å². The van der Waals surface area contributed by atoms with E-state index in [2.05, 4.69) is 10.2 Å². The Morgan fingerprint density at radius 2 is 1.88 bits per heavy atom. The zero-order chi connectivity index (χ0) is 18.5. The van der Waals surface area contributed by atoms with Crippen LogP contribution in [0.4, 0.5) is 16.2 Å². The van der Waals surface area contributed by atoms with Crippen LogP contribution in [-0.2, 0) is 9.53 Å². The van der Waals surface area contributed by atoms with Crippen LogP contribution in [0, 0.1) is 0 Å². The largest absolute Gasteiger partial charge is 0.442 e. The van der Waals surface area contributed by atoms with Crippen molar-refractivity contribution in [2.24, 2.45) is 0 Å². The van der Waals surface area contributed by atoms with Crippen LogP contribution >= 0.6 is 12.2 Å². The molecule has 1 N–H and O–H groups in total. The van der Waals surface area contributed by atoms with Gasteiger partial charge in [0.1, 0.15) is 6.10 Å². The number of nitrogens with zero attached hydrogens (tertiary/aromatic N) is 3. The smallest absolute Gasteiger partial charge is 0.414 e. The summed E-state index contributed by atoms with van der Waals surface area (Å²) < 4.78 is 5.41. The molecule has 2 fully saturated rings. The Morgan fingerprint density at radius 3 is 2.50 bits per heavy atom. The Balaban J connectivity index is 1.57. The molecule has 0 bridgehead atoms. The molecule has 0 radical (unpaired) electrons. The number of carbonyl (C=O) groups is 2. The molecule has 1 atom stereocenters. The molecule has 2 heterocycles. The predicted octanol–water partition coefficient (Wildman–Crippen LogP) is 1.62. The summed E-state index contributed by atoms with van der Waals surface area (Å²) in [5.74, 6) is 0. The average molecular weight is 376 g/mol. The molecule has 7 nitrogen and oxygen atoms in total. The lowest BCUT2D eigenvalue weighted by molar-refractivity contribution is -0.118. The number of carbonyl (C=O) groups excluding carboxylic acids is 2. The first-order valence-electron chi connectivity index (χ1n) is 8.90. The van der Waals surface area contributed by atoms with Crippen molar-refractivity contribution in [1.29, 1.82) is 0 Å². The van der Waals surface area contributed by atoms with E-state index in [1.807, 2.05) is 31.2 Å². The predicted molar refractivity (Wildman–Crippen MR) is 105 cm³/mol. The van der Waals surface area contributed by atoms with Gasteiger partial charge in [0.05, 0.1) is 18.1 Å². The summed E-state index contributed by atoms with van der Waals surface area (Å²) in [5.41, 5.74) is 1.92. The maximum absolute atomic E-state index is 12.1. The fraction of sp³-hybridized carbons (Fsp3) is 0.500. The number of benzene rings is 1. The molecule has 0 aromatic heterocycles. The highest BCUT2D eigenvalue weighted by Gasteiger charge is 2.32. The topological polar surface area (TPSA) is 65.1 Å². The van der Waals surface area contributed by atoms with E-state index in [0.717, 1.165) is 55.4 Å². The van der Waals surface area contributed by atoms with Crippen molar-refractivity contribution in [1.82, 2.24) is 10.2 Å². The van der Waals surface area contributed by atoms with E-state index in [1.54, 1.807) is 9.80 Å². The van der Waals surface area contributed by atoms with Crippen molar-refractivity contribution in [3.8, 4) is 0 Å². The molecule has 140 valence electrons. The molecule has 0 saturated carbocycles. The minimum absolute atomic E-state index is 0.205. The van der Waals surface area contributed by atoms with E-state index in [1.165, 1.54) is 0 Å². The number of anilines is 2. The molecule has 2 aliphatic rings. The zero-order valence-corrected chi connectivity index (χ0v) is 15.7. The van der Waals surface area contributed by atoms with Crippen LogP contribution in [0.1, 0.15) is 13.3 Å². The molecule has 26 heavy (non-hydrogen) atoms. The first-order valence-corrected chi connectivity index (χ1v) is 9.30. The first kappa shape index (κ1) is 18.4. The normalized spacial score (nSPS) is 20.1. The first-order chi connectivity index (χ1) is 12.6. The number of rotatable bonds is 6. The Bertz CT molecular complexity index is 659. The molecule has 2 aliphatic heterocycles. The van der Waals surface area contributed by atoms with Gasteiger partial charge in [0, 0.05) is 37.6 Å². The van der Waals surface area contributed by atoms with Gasteiger partial charge in [-0.05, 0) is 30.7 Å². The molecule has 3 rings (SSSR count).